The fraction of sp³-hybridized carbons (Fsp3) is 0.278. The summed E-state index contributed by atoms with van der Waals surface area (Å²) < 4.78 is 10.5. The molecule has 2 aromatic rings. The number of carbonyl (C=O) groups excluding carboxylic acids is 1. The van der Waals surface area contributed by atoms with E-state index in [4.69, 9.17) is 14.6 Å². The first-order chi connectivity index (χ1) is 11.9. The maximum atomic E-state index is 12.3. The highest BCUT2D eigenvalue weighted by Gasteiger charge is 2.14. The molecule has 2 rings (SSSR count). The third-order valence-electron chi connectivity index (χ3n) is 3.61. The number of pyridine rings is 1. The number of ether oxygens (including phenoxy) is 2. The summed E-state index contributed by atoms with van der Waals surface area (Å²) in [5.41, 5.74) is 1.07. The van der Waals surface area contributed by atoms with Crippen molar-refractivity contribution in [2.24, 2.45) is 0 Å². The molecule has 0 bridgehead atoms. The van der Waals surface area contributed by atoms with Gasteiger partial charge in [0, 0.05) is 17.8 Å². The van der Waals surface area contributed by atoms with E-state index in [9.17, 15) is 9.59 Å². The molecule has 132 valence electrons. The molecule has 1 aromatic carbocycles. The number of rotatable bonds is 7. The first kappa shape index (κ1) is 18.3. The van der Waals surface area contributed by atoms with Gasteiger partial charge in [-0.3, -0.25) is 4.79 Å². The van der Waals surface area contributed by atoms with Crippen molar-refractivity contribution >= 4 is 11.9 Å². The van der Waals surface area contributed by atoms with E-state index < -0.39 is 5.97 Å². The number of aromatic carboxylic acids is 1. The Kier molecular flexibility index (Phi) is 5.94. The quantitative estimate of drug-likeness (QED) is 0.799. The molecule has 2 N–H and O–H groups in total. The van der Waals surface area contributed by atoms with Crippen LogP contribution in [-0.4, -0.2) is 42.2 Å². The molecule has 7 nitrogen and oxygen atoms in total. The van der Waals surface area contributed by atoms with Crippen molar-refractivity contribution in [2.45, 2.75) is 19.4 Å². The summed E-state index contributed by atoms with van der Waals surface area (Å²) in [5, 5.41) is 11.8. The molecule has 0 aliphatic heterocycles. The largest absolute Gasteiger partial charge is 0.493 e. The highest BCUT2D eigenvalue weighted by molar-refractivity contribution is 5.96. The van der Waals surface area contributed by atoms with E-state index in [1.165, 1.54) is 18.3 Å². The Morgan fingerprint density at radius 1 is 1.16 bits per heavy atom. The summed E-state index contributed by atoms with van der Waals surface area (Å²) in [7, 11) is 3.14. The van der Waals surface area contributed by atoms with Crippen molar-refractivity contribution in [3.8, 4) is 11.5 Å². The van der Waals surface area contributed by atoms with Crippen LogP contribution in [-0.2, 0) is 6.42 Å². The van der Waals surface area contributed by atoms with E-state index in [0.717, 1.165) is 5.56 Å². The van der Waals surface area contributed by atoms with Crippen LogP contribution < -0.4 is 14.8 Å². The van der Waals surface area contributed by atoms with Gasteiger partial charge in [-0.1, -0.05) is 6.07 Å². The van der Waals surface area contributed by atoms with E-state index >= 15 is 0 Å². The number of nitrogens with one attached hydrogen (secondary N) is 1. The van der Waals surface area contributed by atoms with Gasteiger partial charge in [-0.15, -0.1) is 0 Å². The summed E-state index contributed by atoms with van der Waals surface area (Å²) in [6.07, 6.45) is 1.89. The summed E-state index contributed by atoms with van der Waals surface area (Å²) in [6.45, 7) is 1.87. The number of hydrogen-bond acceptors (Lipinski definition) is 5. The van der Waals surface area contributed by atoms with Gasteiger partial charge >= 0.3 is 5.97 Å². The molecule has 1 amide bonds. The van der Waals surface area contributed by atoms with Crippen LogP contribution in [0.3, 0.4) is 0 Å². The topological polar surface area (TPSA) is 97.8 Å². The monoisotopic (exact) mass is 344 g/mol. The summed E-state index contributed by atoms with van der Waals surface area (Å²) in [5.74, 6) is -0.259. The maximum absolute atomic E-state index is 12.3. The molecule has 0 aliphatic carbocycles. The molecule has 1 aromatic heterocycles. The molecule has 1 heterocycles. The van der Waals surface area contributed by atoms with Crippen LogP contribution in [0.1, 0.15) is 33.3 Å². The van der Waals surface area contributed by atoms with Gasteiger partial charge in [0.15, 0.2) is 11.5 Å². The van der Waals surface area contributed by atoms with E-state index in [-0.39, 0.29) is 23.2 Å². The van der Waals surface area contributed by atoms with Crippen molar-refractivity contribution in [1.29, 1.82) is 0 Å². The van der Waals surface area contributed by atoms with Gasteiger partial charge in [0.05, 0.1) is 14.2 Å². The van der Waals surface area contributed by atoms with Crippen LogP contribution in [0.4, 0.5) is 0 Å². The molecule has 0 saturated carbocycles. The Labute approximate surface area is 145 Å². The maximum Gasteiger partial charge on any atom is 0.354 e. The van der Waals surface area contributed by atoms with Crippen molar-refractivity contribution in [3.63, 3.8) is 0 Å². The SMILES string of the molecule is COc1ccc(CC(C)NC(=O)c2ccnc(C(=O)O)c2)cc1OC. The van der Waals surface area contributed by atoms with Crippen molar-refractivity contribution in [3.05, 3.63) is 53.3 Å². The van der Waals surface area contributed by atoms with Crippen LogP contribution in [0, 0.1) is 0 Å². The number of nitrogens with zero attached hydrogens (tertiary/aromatic N) is 1. The minimum atomic E-state index is -1.17. The van der Waals surface area contributed by atoms with Crippen LogP contribution >= 0.6 is 0 Å². The van der Waals surface area contributed by atoms with Gasteiger partial charge < -0.3 is 19.9 Å². The lowest BCUT2D eigenvalue weighted by molar-refractivity contribution is 0.0690. The van der Waals surface area contributed by atoms with Gasteiger partial charge in [-0.25, -0.2) is 9.78 Å². The standard InChI is InChI=1S/C18H20N2O5/c1-11(8-12-4-5-15(24-2)16(9-12)25-3)20-17(21)13-6-7-19-14(10-13)18(22)23/h4-7,9-11H,8H2,1-3H3,(H,20,21)(H,22,23). The molecule has 0 fully saturated rings. The Hall–Kier alpha value is -3.09. The molecule has 0 spiro atoms. The number of carboxylic acids is 1. The van der Waals surface area contributed by atoms with Gasteiger partial charge in [0.1, 0.15) is 5.69 Å². The Morgan fingerprint density at radius 3 is 2.52 bits per heavy atom. The first-order valence-corrected chi connectivity index (χ1v) is 7.65. The zero-order valence-corrected chi connectivity index (χ0v) is 14.3. The molecule has 25 heavy (non-hydrogen) atoms. The minimum absolute atomic E-state index is 0.160. The smallest absolute Gasteiger partial charge is 0.354 e. The third kappa shape index (κ3) is 4.69. The zero-order chi connectivity index (χ0) is 18.4. The predicted molar refractivity (Wildman–Crippen MR) is 91.4 cm³/mol. The predicted octanol–water partition coefficient (Wildman–Crippen LogP) is 2.16. The van der Waals surface area contributed by atoms with Gasteiger partial charge in [-0.2, -0.15) is 0 Å². The summed E-state index contributed by atoms with van der Waals surface area (Å²) in [4.78, 5) is 26.9. The van der Waals surface area contributed by atoms with Crippen molar-refractivity contribution in [1.82, 2.24) is 10.3 Å². The van der Waals surface area contributed by atoms with Crippen LogP contribution in [0.2, 0.25) is 0 Å². The average Bonchev–Trinajstić information content (AvgIpc) is 2.61. The molecule has 0 saturated heterocycles. The second-order valence-electron chi connectivity index (χ2n) is 5.50. The molecular weight excluding hydrogens is 324 g/mol. The molecule has 0 radical (unpaired) electrons. The van der Waals surface area contributed by atoms with Gasteiger partial charge in [-0.05, 0) is 43.2 Å². The molecule has 7 heteroatoms. The number of carbonyl (C=O) groups is 2. The number of benzene rings is 1. The first-order valence-electron chi connectivity index (χ1n) is 7.65. The van der Waals surface area contributed by atoms with E-state index in [0.29, 0.717) is 17.9 Å². The molecule has 0 aliphatic rings. The minimum Gasteiger partial charge on any atom is -0.493 e. The summed E-state index contributed by atoms with van der Waals surface area (Å²) in [6, 6.07) is 8.14. The highest BCUT2D eigenvalue weighted by Crippen LogP contribution is 2.27. The normalized spacial score (nSPS) is 11.5. The Bertz CT molecular complexity index is 776. The lowest BCUT2D eigenvalue weighted by Crippen LogP contribution is -2.34. The lowest BCUT2D eigenvalue weighted by atomic mass is 10.1. The molecule has 1 unspecified atom stereocenters. The zero-order valence-electron chi connectivity index (χ0n) is 14.3. The van der Waals surface area contributed by atoms with Crippen LogP contribution in [0.5, 0.6) is 11.5 Å². The second-order valence-corrected chi connectivity index (χ2v) is 5.50. The molecule has 1 atom stereocenters. The van der Waals surface area contributed by atoms with E-state index in [2.05, 4.69) is 10.3 Å². The number of aromatic nitrogens is 1. The number of methoxy groups -OCH3 is 2. The second kappa shape index (κ2) is 8.14. The highest BCUT2D eigenvalue weighted by atomic mass is 16.5. The van der Waals surface area contributed by atoms with E-state index in [1.54, 1.807) is 14.2 Å². The van der Waals surface area contributed by atoms with Gasteiger partial charge in [0.2, 0.25) is 0 Å². The number of hydrogen-bond donors (Lipinski definition) is 2. The van der Waals surface area contributed by atoms with E-state index in [1.807, 2.05) is 25.1 Å². The fourth-order valence-corrected chi connectivity index (χ4v) is 2.41. The number of carboxylic acid groups (broad SMARTS) is 1. The van der Waals surface area contributed by atoms with Crippen LogP contribution in [0.15, 0.2) is 36.5 Å². The third-order valence-corrected chi connectivity index (χ3v) is 3.61. The van der Waals surface area contributed by atoms with Crippen LogP contribution in [0.25, 0.3) is 0 Å². The fourth-order valence-electron chi connectivity index (χ4n) is 2.41. The Morgan fingerprint density at radius 2 is 1.88 bits per heavy atom. The number of amides is 1. The van der Waals surface area contributed by atoms with Crippen molar-refractivity contribution in [2.75, 3.05) is 14.2 Å². The van der Waals surface area contributed by atoms with Gasteiger partial charge in [0.25, 0.3) is 5.91 Å². The average molecular weight is 344 g/mol. The molecular formula is C18H20N2O5. The summed E-state index contributed by atoms with van der Waals surface area (Å²) >= 11 is 0. The van der Waals surface area contributed by atoms with Crippen molar-refractivity contribution < 1.29 is 24.2 Å². The lowest BCUT2D eigenvalue weighted by Gasteiger charge is -2.15. The Balaban J connectivity index is 2.04.